The molecule has 4 aliphatic heterocycles. The predicted octanol–water partition coefficient (Wildman–Crippen LogP) is 5.87. The van der Waals surface area contributed by atoms with E-state index in [0.29, 0.717) is 0 Å². The minimum absolute atomic E-state index is 0. The van der Waals surface area contributed by atoms with Crippen LogP contribution >= 0.6 is 23.2 Å². The quantitative estimate of drug-likeness (QED) is 0.265. The van der Waals surface area contributed by atoms with Crippen LogP contribution in [0.3, 0.4) is 0 Å². The van der Waals surface area contributed by atoms with E-state index < -0.39 is 0 Å². The summed E-state index contributed by atoms with van der Waals surface area (Å²) in [7, 11) is 4.11. The highest BCUT2D eigenvalue weighted by atomic mass is 35.5. The van der Waals surface area contributed by atoms with Crippen molar-refractivity contribution in [3.63, 3.8) is 0 Å². The molecule has 8 rings (SSSR count). The Morgan fingerprint density at radius 1 is 0.551 bits per heavy atom. The van der Waals surface area contributed by atoms with Crippen LogP contribution in [0.4, 0.5) is 0 Å². The third-order valence-corrected chi connectivity index (χ3v) is 9.95. The Morgan fingerprint density at radius 2 is 0.918 bits per heavy atom. The summed E-state index contributed by atoms with van der Waals surface area (Å²) in [6.45, 7) is 5.43. The molecule has 49 heavy (non-hydrogen) atoms. The number of hydrogen-bond donors (Lipinski definition) is 0. The van der Waals surface area contributed by atoms with Gasteiger partial charge in [0.25, 0.3) is 0 Å². The van der Waals surface area contributed by atoms with E-state index in [2.05, 4.69) is 92.5 Å². The highest BCUT2D eigenvalue weighted by molar-refractivity contribution is 6.31. The van der Waals surface area contributed by atoms with Crippen LogP contribution < -0.4 is 0 Å². The van der Waals surface area contributed by atoms with E-state index in [4.69, 9.17) is 32.9 Å². The van der Waals surface area contributed by atoms with Gasteiger partial charge in [-0.05, 0) is 83.6 Å². The Morgan fingerprint density at radius 3 is 1.29 bits per heavy atom. The van der Waals surface area contributed by atoms with Crippen molar-refractivity contribution >= 4 is 34.9 Å². The summed E-state index contributed by atoms with van der Waals surface area (Å²) in [6.07, 6.45) is 2.10. The van der Waals surface area contributed by atoms with Gasteiger partial charge in [-0.2, -0.15) is 0 Å². The smallest absolute Gasteiger partial charge is 0.199 e. The summed E-state index contributed by atoms with van der Waals surface area (Å²) in [4.78, 5) is 20.7. The van der Waals surface area contributed by atoms with Gasteiger partial charge in [-0.25, -0.2) is 0 Å². The number of oxime groups is 2. The Bertz CT molecular complexity index is 1650. The molecule has 0 bridgehead atoms. The second kappa shape index (κ2) is 15.6. The Balaban J connectivity index is 0.000000167. The fourth-order valence-corrected chi connectivity index (χ4v) is 6.96. The standard InChI is InChI=1S/2C19H20ClN3O.H2O/c2*1-22-13-18(23-11-10-14-4-2-3-5-16(14)12-23)24-21-19(22)15-6-8-17(20)9-7-15;/h2*2-9,18H,10-13H2,1H3;1H2. The summed E-state index contributed by atoms with van der Waals surface area (Å²) >= 11 is 11.9. The Kier molecular flexibility index (Phi) is 11.1. The van der Waals surface area contributed by atoms with Gasteiger partial charge in [0.05, 0.1) is 13.1 Å². The van der Waals surface area contributed by atoms with Gasteiger partial charge in [0.1, 0.15) is 0 Å². The van der Waals surface area contributed by atoms with E-state index in [-0.39, 0.29) is 17.9 Å². The lowest BCUT2D eigenvalue weighted by Gasteiger charge is -2.38. The third-order valence-electron chi connectivity index (χ3n) is 9.44. The number of halogens is 2. The molecule has 2 unspecified atom stereocenters. The molecule has 0 saturated heterocycles. The summed E-state index contributed by atoms with van der Waals surface area (Å²) in [5.74, 6) is 1.70. The number of likely N-dealkylation sites (N-methyl/N-ethyl adjacent to an activating group) is 2. The maximum Gasteiger partial charge on any atom is 0.199 e. The fraction of sp³-hybridized carbons (Fsp3) is 0.316. The lowest BCUT2D eigenvalue weighted by molar-refractivity contribution is -0.0843. The minimum Gasteiger partial charge on any atom is -0.412 e. The van der Waals surface area contributed by atoms with E-state index in [1.807, 2.05) is 48.5 Å². The molecule has 4 aliphatic rings. The van der Waals surface area contributed by atoms with E-state index in [1.165, 1.54) is 22.3 Å². The van der Waals surface area contributed by atoms with Crippen LogP contribution in [0.15, 0.2) is 107 Å². The van der Waals surface area contributed by atoms with Gasteiger partial charge in [-0.1, -0.05) is 82.0 Å². The van der Waals surface area contributed by atoms with Crippen molar-refractivity contribution in [1.82, 2.24) is 19.6 Å². The van der Waals surface area contributed by atoms with Gasteiger partial charge >= 0.3 is 0 Å². The maximum atomic E-state index is 5.96. The van der Waals surface area contributed by atoms with Gasteiger partial charge < -0.3 is 25.0 Å². The van der Waals surface area contributed by atoms with Crippen molar-refractivity contribution in [1.29, 1.82) is 0 Å². The van der Waals surface area contributed by atoms with Gasteiger partial charge in [0.15, 0.2) is 24.1 Å². The largest absolute Gasteiger partial charge is 0.412 e. The zero-order valence-corrected chi connectivity index (χ0v) is 29.3. The first-order chi connectivity index (χ1) is 23.4. The van der Waals surface area contributed by atoms with Crippen LogP contribution in [0, 0.1) is 0 Å². The molecule has 11 heteroatoms. The number of amidine groups is 2. The Hall–Kier alpha value is -4.12. The summed E-state index contributed by atoms with van der Waals surface area (Å²) in [5, 5.41) is 10.2. The van der Waals surface area contributed by atoms with E-state index in [0.717, 1.165) is 85.0 Å². The van der Waals surface area contributed by atoms with Crippen LogP contribution in [0.2, 0.25) is 10.0 Å². The SMILES string of the molecule is CN1CC(N2CCc3ccccc3C2)ON=C1c1ccc(Cl)cc1.CN1CC(N2CCc3ccccc3C2)ON=C1c1ccc(Cl)cc1.O. The first kappa shape index (κ1) is 34.7. The molecule has 0 spiro atoms. The first-order valence-corrected chi connectivity index (χ1v) is 17.2. The van der Waals surface area contributed by atoms with Gasteiger partial charge in [0, 0.05) is 61.4 Å². The fourth-order valence-electron chi connectivity index (χ4n) is 6.70. The molecule has 256 valence electrons. The van der Waals surface area contributed by atoms with Crippen molar-refractivity contribution in [3.05, 3.63) is 140 Å². The topological polar surface area (TPSA) is 87.6 Å². The van der Waals surface area contributed by atoms with Crippen molar-refractivity contribution < 1.29 is 15.2 Å². The first-order valence-electron chi connectivity index (χ1n) is 16.4. The van der Waals surface area contributed by atoms with Crippen LogP contribution in [0.5, 0.6) is 0 Å². The lowest BCUT2D eigenvalue weighted by Crippen LogP contribution is -2.50. The average Bonchev–Trinajstić information content (AvgIpc) is 3.12. The lowest BCUT2D eigenvalue weighted by atomic mass is 10.00. The molecular weight excluding hydrogens is 659 g/mol. The monoisotopic (exact) mass is 700 g/mol. The molecule has 0 aliphatic carbocycles. The number of fused-ring (bicyclic) bond motifs is 2. The van der Waals surface area contributed by atoms with Crippen LogP contribution in [0.1, 0.15) is 33.4 Å². The molecule has 0 aromatic heterocycles. The van der Waals surface area contributed by atoms with E-state index in [9.17, 15) is 0 Å². The summed E-state index contributed by atoms with van der Waals surface area (Å²) in [6, 6.07) is 32.7. The van der Waals surface area contributed by atoms with E-state index in [1.54, 1.807) is 0 Å². The van der Waals surface area contributed by atoms with Crippen LogP contribution in [-0.4, -0.2) is 89.5 Å². The van der Waals surface area contributed by atoms with Crippen molar-refractivity contribution in [2.45, 2.75) is 38.4 Å². The van der Waals surface area contributed by atoms with Crippen LogP contribution in [0.25, 0.3) is 0 Å². The van der Waals surface area contributed by atoms with Crippen molar-refractivity contribution in [2.75, 3.05) is 40.3 Å². The second-order valence-electron chi connectivity index (χ2n) is 12.7. The number of nitrogens with zero attached hydrogens (tertiary/aromatic N) is 6. The average molecular weight is 702 g/mol. The highest BCUT2D eigenvalue weighted by Gasteiger charge is 2.31. The van der Waals surface area contributed by atoms with Gasteiger partial charge in [-0.3, -0.25) is 9.80 Å². The number of rotatable bonds is 4. The normalized spacial score (nSPS) is 20.6. The number of hydrogen-bond acceptors (Lipinski definition) is 8. The molecule has 0 fully saturated rings. The molecule has 0 amide bonds. The maximum absolute atomic E-state index is 5.96. The molecule has 0 saturated carbocycles. The van der Waals surface area contributed by atoms with Crippen LogP contribution in [-0.2, 0) is 35.6 Å². The number of benzene rings is 4. The predicted molar refractivity (Wildman–Crippen MR) is 196 cm³/mol. The molecule has 2 N–H and O–H groups in total. The molecule has 0 radical (unpaired) electrons. The second-order valence-corrected chi connectivity index (χ2v) is 13.6. The molecular formula is C38H42Cl2N6O3. The minimum atomic E-state index is -0.0144. The van der Waals surface area contributed by atoms with Gasteiger partial charge in [0.2, 0.25) is 0 Å². The zero-order valence-electron chi connectivity index (χ0n) is 27.8. The van der Waals surface area contributed by atoms with Crippen molar-refractivity contribution in [2.24, 2.45) is 10.3 Å². The zero-order chi connectivity index (χ0) is 33.0. The molecule has 4 aromatic carbocycles. The highest BCUT2D eigenvalue weighted by Crippen LogP contribution is 2.25. The molecule has 4 aromatic rings. The Labute approximate surface area is 298 Å². The molecule has 4 heterocycles. The molecule has 9 nitrogen and oxygen atoms in total. The third kappa shape index (κ3) is 8.03. The van der Waals surface area contributed by atoms with Gasteiger partial charge in [-0.15, -0.1) is 0 Å². The summed E-state index contributed by atoms with van der Waals surface area (Å²) < 4.78 is 0. The summed E-state index contributed by atoms with van der Waals surface area (Å²) in [5.41, 5.74) is 7.71. The van der Waals surface area contributed by atoms with E-state index >= 15 is 0 Å². The molecule has 2 atom stereocenters. The van der Waals surface area contributed by atoms with Crippen molar-refractivity contribution in [3.8, 4) is 0 Å².